The van der Waals surface area contributed by atoms with Gasteiger partial charge in [-0.1, -0.05) is 19.9 Å². The number of anilines is 2. The van der Waals surface area contributed by atoms with Gasteiger partial charge < -0.3 is 16.0 Å². The molecule has 0 aliphatic carbocycles. The van der Waals surface area contributed by atoms with Crippen molar-refractivity contribution in [3.8, 4) is 0 Å². The van der Waals surface area contributed by atoms with Crippen molar-refractivity contribution in [3.05, 3.63) is 18.2 Å². The number of rotatable bonds is 6. The molecule has 1 aromatic heterocycles. The van der Waals surface area contributed by atoms with Crippen LogP contribution < -0.4 is 16.0 Å². The van der Waals surface area contributed by atoms with Crippen molar-refractivity contribution in [1.82, 2.24) is 10.3 Å². The number of pyridine rings is 1. The van der Waals surface area contributed by atoms with E-state index in [0.717, 1.165) is 5.82 Å². The molecule has 94 valence electrons. The summed E-state index contributed by atoms with van der Waals surface area (Å²) in [5.74, 6) is 1.91. The second kappa shape index (κ2) is 6.73. The van der Waals surface area contributed by atoms with Crippen LogP contribution in [-0.2, 0) is 4.79 Å². The molecule has 5 heteroatoms. The van der Waals surface area contributed by atoms with E-state index in [4.69, 9.17) is 0 Å². The maximum absolute atomic E-state index is 11.5. The van der Waals surface area contributed by atoms with Gasteiger partial charge in [-0.3, -0.25) is 4.79 Å². The predicted molar refractivity (Wildman–Crippen MR) is 70.1 cm³/mol. The standard InChI is InChI=1S/C12H20N4O/c1-9(2)7-15-12(17)8-14-11-6-4-5-10(13-3)16-11/h4-6,9H,7-8H2,1-3H3,(H,15,17)(H2,13,14,16). The highest BCUT2D eigenvalue weighted by atomic mass is 16.1. The smallest absolute Gasteiger partial charge is 0.239 e. The lowest BCUT2D eigenvalue weighted by Crippen LogP contribution is -2.32. The Balaban J connectivity index is 2.36. The van der Waals surface area contributed by atoms with Crippen LogP contribution in [0, 0.1) is 5.92 Å². The summed E-state index contributed by atoms with van der Waals surface area (Å²) in [5, 5.41) is 8.76. The molecule has 0 aliphatic heterocycles. The SMILES string of the molecule is CNc1cccc(NCC(=O)NCC(C)C)n1. The van der Waals surface area contributed by atoms with E-state index in [0.29, 0.717) is 18.3 Å². The number of nitrogens with one attached hydrogen (secondary N) is 3. The highest BCUT2D eigenvalue weighted by molar-refractivity contribution is 5.80. The second-order valence-electron chi connectivity index (χ2n) is 4.21. The summed E-state index contributed by atoms with van der Waals surface area (Å²) in [6.07, 6.45) is 0. The maximum atomic E-state index is 11.5. The van der Waals surface area contributed by atoms with E-state index in [1.807, 2.05) is 25.2 Å². The first-order valence-electron chi connectivity index (χ1n) is 5.77. The predicted octanol–water partition coefficient (Wildman–Crippen LogP) is 1.31. The van der Waals surface area contributed by atoms with Crippen LogP contribution in [0.1, 0.15) is 13.8 Å². The molecule has 0 aromatic carbocycles. The number of nitrogens with zero attached hydrogens (tertiary/aromatic N) is 1. The summed E-state index contributed by atoms with van der Waals surface area (Å²) >= 11 is 0. The van der Waals surface area contributed by atoms with Crippen LogP contribution in [0.5, 0.6) is 0 Å². The molecular weight excluding hydrogens is 216 g/mol. The number of carbonyl (C=O) groups is 1. The van der Waals surface area contributed by atoms with Crippen molar-refractivity contribution in [2.45, 2.75) is 13.8 Å². The zero-order valence-corrected chi connectivity index (χ0v) is 10.6. The first-order valence-corrected chi connectivity index (χ1v) is 5.77. The van der Waals surface area contributed by atoms with Gasteiger partial charge in [0.05, 0.1) is 6.54 Å². The van der Waals surface area contributed by atoms with Gasteiger partial charge in [-0.2, -0.15) is 0 Å². The molecule has 0 atom stereocenters. The molecule has 0 saturated heterocycles. The third-order valence-electron chi connectivity index (χ3n) is 2.14. The van der Waals surface area contributed by atoms with Crippen molar-refractivity contribution >= 4 is 17.5 Å². The van der Waals surface area contributed by atoms with Crippen molar-refractivity contribution in [1.29, 1.82) is 0 Å². The average Bonchev–Trinajstić information content (AvgIpc) is 2.34. The van der Waals surface area contributed by atoms with Crippen molar-refractivity contribution in [2.75, 3.05) is 30.8 Å². The van der Waals surface area contributed by atoms with Gasteiger partial charge >= 0.3 is 0 Å². The van der Waals surface area contributed by atoms with Gasteiger partial charge in [0.15, 0.2) is 0 Å². The van der Waals surface area contributed by atoms with Crippen LogP contribution in [0.3, 0.4) is 0 Å². The molecule has 0 bridgehead atoms. The molecule has 17 heavy (non-hydrogen) atoms. The Labute approximate surface area is 102 Å². The largest absolute Gasteiger partial charge is 0.373 e. The summed E-state index contributed by atoms with van der Waals surface area (Å²) in [4.78, 5) is 15.7. The van der Waals surface area contributed by atoms with Crippen LogP contribution in [0.25, 0.3) is 0 Å². The number of hydrogen-bond acceptors (Lipinski definition) is 4. The van der Waals surface area contributed by atoms with E-state index >= 15 is 0 Å². The lowest BCUT2D eigenvalue weighted by atomic mass is 10.2. The minimum absolute atomic E-state index is 0.0182. The molecule has 5 nitrogen and oxygen atoms in total. The summed E-state index contributed by atoms with van der Waals surface area (Å²) < 4.78 is 0. The number of hydrogen-bond donors (Lipinski definition) is 3. The molecule has 0 unspecified atom stereocenters. The molecule has 1 rings (SSSR count). The first-order chi connectivity index (χ1) is 8.11. The van der Waals surface area contributed by atoms with Crippen LogP contribution in [-0.4, -0.2) is 31.0 Å². The normalized spacial score (nSPS) is 10.1. The number of carbonyl (C=O) groups excluding carboxylic acids is 1. The van der Waals surface area contributed by atoms with E-state index < -0.39 is 0 Å². The monoisotopic (exact) mass is 236 g/mol. The molecular formula is C12H20N4O. The van der Waals surface area contributed by atoms with Gasteiger partial charge in [-0.25, -0.2) is 4.98 Å². The molecule has 0 spiro atoms. The van der Waals surface area contributed by atoms with Crippen molar-refractivity contribution in [3.63, 3.8) is 0 Å². The topological polar surface area (TPSA) is 66.0 Å². The van der Waals surface area contributed by atoms with Gasteiger partial charge in [0.25, 0.3) is 0 Å². The molecule has 1 aromatic rings. The molecule has 1 amide bonds. The summed E-state index contributed by atoms with van der Waals surface area (Å²) in [6, 6.07) is 5.58. The van der Waals surface area contributed by atoms with Crippen LogP contribution in [0.2, 0.25) is 0 Å². The first kappa shape index (κ1) is 13.3. The van der Waals surface area contributed by atoms with Crippen molar-refractivity contribution < 1.29 is 4.79 Å². The molecule has 0 aliphatic rings. The summed E-state index contributed by atoms with van der Waals surface area (Å²) in [5.41, 5.74) is 0. The fourth-order valence-electron chi connectivity index (χ4n) is 1.22. The van der Waals surface area contributed by atoms with Crippen LogP contribution in [0.4, 0.5) is 11.6 Å². The van der Waals surface area contributed by atoms with Gasteiger partial charge in [0.2, 0.25) is 5.91 Å². The third kappa shape index (κ3) is 5.19. The van der Waals surface area contributed by atoms with E-state index in [9.17, 15) is 4.79 Å². The average molecular weight is 236 g/mol. The second-order valence-corrected chi connectivity index (χ2v) is 4.21. The molecule has 0 saturated carbocycles. The van der Waals surface area contributed by atoms with E-state index in [1.54, 1.807) is 0 Å². The zero-order chi connectivity index (χ0) is 12.7. The Morgan fingerprint density at radius 3 is 2.71 bits per heavy atom. The molecule has 3 N–H and O–H groups in total. The quantitative estimate of drug-likeness (QED) is 0.696. The Kier molecular flexibility index (Phi) is 5.26. The number of aromatic nitrogens is 1. The minimum atomic E-state index is -0.0182. The Hall–Kier alpha value is -1.78. The zero-order valence-electron chi connectivity index (χ0n) is 10.6. The number of amides is 1. The van der Waals surface area contributed by atoms with E-state index in [-0.39, 0.29) is 12.5 Å². The van der Waals surface area contributed by atoms with Gasteiger partial charge in [-0.15, -0.1) is 0 Å². The summed E-state index contributed by atoms with van der Waals surface area (Å²) in [6.45, 7) is 5.06. The Morgan fingerprint density at radius 1 is 1.35 bits per heavy atom. The fraction of sp³-hybridized carbons (Fsp3) is 0.500. The fourth-order valence-corrected chi connectivity index (χ4v) is 1.22. The van der Waals surface area contributed by atoms with E-state index in [2.05, 4.69) is 34.8 Å². The van der Waals surface area contributed by atoms with Gasteiger partial charge in [0.1, 0.15) is 11.6 Å². The van der Waals surface area contributed by atoms with Gasteiger partial charge in [-0.05, 0) is 18.1 Å². The maximum Gasteiger partial charge on any atom is 0.239 e. The lowest BCUT2D eigenvalue weighted by Gasteiger charge is -2.09. The Morgan fingerprint density at radius 2 is 2.06 bits per heavy atom. The van der Waals surface area contributed by atoms with Gasteiger partial charge in [0, 0.05) is 13.6 Å². The van der Waals surface area contributed by atoms with Crippen LogP contribution in [0.15, 0.2) is 18.2 Å². The molecule has 1 heterocycles. The highest BCUT2D eigenvalue weighted by Gasteiger charge is 2.02. The third-order valence-corrected chi connectivity index (χ3v) is 2.14. The Bertz CT molecular complexity index is 365. The van der Waals surface area contributed by atoms with E-state index in [1.165, 1.54) is 0 Å². The highest BCUT2D eigenvalue weighted by Crippen LogP contribution is 2.07. The summed E-state index contributed by atoms with van der Waals surface area (Å²) in [7, 11) is 1.81. The van der Waals surface area contributed by atoms with Crippen molar-refractivity contribution in [2.24, 2.45) is 5.92 Å². The lowest BCUT2D eigenvalue weighted by molar-refractivity contribution is -0.119. The molecule has 0 radical (unpaired) electrons. The molecule has 0 fully saturated rings. The minimum Gasteiger partial charge on any atom is -0.373 e. The van der Waals surface area contributed by atoms with Crippen LogP contribution >= 0.6 is 0 Å².